The normalized spacial score (nSPS) is 22.2. The number of quaternary nitrogens is 1. The molecular formula is C15H22N3O2+. The Kier molecular flexibility index (Phi) is 4.74. The molecule has 0 saturated carbocycles. The molecule has 0 spiro atoms. The van der Waals surface area contributed by atoms with E-state index in [0.29, 0.717) is 13.1 Å². The van der Waals surface area contributed by atoms with Gasteiger partial charge in [0.25, 0.3) is 5.91 Å². The molecule has 2 rings (SSSR count). The second kappa shape index (κ2) is 6.52. The van der Waals surface area contributed by atoms with Crippen LogP contribution in [0.25, 0.3) is 0 Å². The number of carbonyl (C=O) groups is 2. The number of anilines is 1. The molecule has 0 radical (unpaired) electrons. The third-order valence-corrected chi connectivity index (χ3v) is 3.73. The highest BCUT2D eigenvalue weighted by Crippen LogP contribution is 2.09. The molecule has 1 aliphatic rings. The first-order valence-corrected chi connectivity index (χ1v) is 7.04. The number of amides is 2. The number of benzene rings is 1. The van der Waals surface area contributed by atoms with Gasteiger partial charge in [0.2, 0.25) is 5.91 Å². The van der Waals surface area contributed by atoms with E-state index in [1.54, 1.807) is 0 Å². The van der Waals surface area contributed by atoms with Crippen LogP contribution in [0.4, 0.5) is 5.69 Å². The van der Waals surface area contributed by atoms with Crippen molar-refractivity contribution in [2.24, 2.45) is 11.7 Å². The fourth-order valence-corrected chi connectivity index (χ4v) is 2.71. The fourth-order valence-electron chi connectivity index (χ4n) is 2.71. The highest BCUT2D eigenvalue weighted by Gasteiger charge is 2.28. The average molecular weight is 276 g/mol. The minimum Gasteiger partial charge on any atom is -0.369 e. The van der Waals surface area contributed by atoms with E-state index in [1.807, 2.05) is 31.2 Å². The molecule has 1 heterocycles. The molecule has 2 atom stereocenters. The summed E-state index contributed by atoms with van der Waals surface area (Å²) in [4.78, 5) is 24.4. The van der Waals surface area contributed by atoms with Gasteiger partial charge in [-0.3, -0.25) is 9.59 Å². The van der Waals surface area contributed by atoms with Crippen LogP contribution in [0.2, 0.25) is 0 Å². The van der Waals surface area contributed by atoms with E-state index in [1.165, 1.54) is 0 Å². The van der Waals surface area contributed by atoms with Crippen LogP contribution in [0, 0.1) is 12.8 Å². The summed E-state index contributed by atoms with van der Waals surface area (Å²) in [5, 5.41) is 2.90. The number of nitrogens with one attached hydrogen (secondary N) is 2. The molecule has 1 unspecified atom stereocenters. The van der Waals surface area contributed by atoms with Gasteiger partial charge < -0.3 is 16.0 Å². The minimum atomic E-state index is -0.249. The minimum absolute atomic E-state index is 0.0179. The Hall–Kier alpha value is -1.88. The van der Waals surface area contributed by atoms with Crippen molar-refractivity contribution in [2.75, 3.05) is 25.0 Å². The summed E-state index contributed by atoms with van der Waals surface area (Å²) in [5.74, 6) is -0.359. The lowest BCUT2D eigenvalue weighted by Crippen LogP contribution is -3.14. The van der Waals surface area contributed by atoms with Crippen LogP contribution in [-0.4, -0.2) is 31.4 Å². The van der Waals surface area contributed by atoms with Crippen molar-refractivity contribution in [3.63, 3.8) is 0 Å². The summed E-state index contributed by atoms with van der Waals surface area (Å²) in [7, 11) is 0. The van der Waals surface area contributed by atoms with Crippen molar-refractivity contribution in [2.45, 2.75) is 19.8 Å². The van der Waals surface area contributed by atoms with Crippen molar-refractivity contribution in [1.29, 1.82) is 0 Å². The Balaban J connectivity index is 1.86. The Bertz CT molecular complexity index is 502. The Morgan fingerprint density at radius 3 is 2.95 bits per heavy atom. The van der Waals surface area contributed by atoms with Crippen LogP contribution in [0.3, 0.4) is 0 Å². The zero-order chi connectivity index (χ0) is 14.5. The molecule has 1 saturated heterocycles. The SMILES string of the molecule is Cc1cccc(NC(=O)C[NH+]2CCC[C@@H](C(N)=O)C2)c1. The summed E-state index contributed by atoms with van der Waals surface area (Å²) in [6, 6.07) is 7.73. The number of piperidine rings is 1. The largest absolute Gasteiger partial charge is 0.369 e. The van der Waals surface area contributed by atoms with Crippen LogP contribution in [0.1, 0.15) is 18.4 Å². The molecule has 5 heteroatoms. The third-order valence-electron chi connectivity index (χ3n) is 3.73. The van der Waals surface area contributed by atoms with Gasteiger partial charge in [-0.05, 0) is 37.5 Å². The molecule has 108 valence electrons. The molecule has 1 aromatic rings. The zero-order valence-corrected chi connectivity index (χ0v) is 11.8. The molecule has 0 aromatic heterocycles. The van der Waals surface area contributed by atoms with Gasteiger partial charge in [-0.1, -0.05) is 12.1 Å². The van der Waals surface area contributed by atoms with Crippen molar-refractivity contribution in [1.82, 2.24) is 0 Å². The van der Waals surface area contributed by atoms with Crippen molar-refractivity contribution >= 4 is 17.5 Å². The number of hydrogen-bond donors (Lipinski definition) is 3. The lowest BCUT2D eigenvalue weighted by atomic mass is 9.97. The monoisotopic (exact) mass is 276 g/mol. The second-order valence-electron chi connectivity index (χ2n) is 5.54. The highest BCUT2D eigenvalue weighted by molar-refractivity contribution is 5.91. The maximum Gasteiger partial charge on any atom is 0.279 e. The van der Waals surface area contributed by atoms with E-state index in [-0.39, 0.29) is 17.7 Å². The Morgan fingerprint density at radius 1 is 1.45 bits per heavy atom. The van der Waals surface area contributed by atoms with Crippen LogP contribution >= 0.6 is 0 Å². The smallest absolute Gasteiger partial charge is 0.279 e. The molecule has 1 aliphatic heterocycles. The maximum absolute atomic E-state index is 12.0. The summed E-state index contributed by atoms with van der Waals surface area (Å²) >= 11 is 0. The number of nitrogens with two attached hydrogens (primary N) is 1. The van der Waals surface area contributed by atoms with E-state index >= 15 is 0 Å². The Labute approximate surface area is 119 Å². The first-order valence-electron chi connectivity index (χ1n) is 7.04. The molecule has 2 amide bonds. The lowest BCUT2D eigenvalue weighted by Gasteiger charge is -2.27. The van der Waals surface area contributed by atoms with Crippen LogP contribution in [0.5, 0.6) is 0 Å². The van der Waals surface area contributed by atoms with Gasteiger partial charge in [-0.15, -0.1) is 0 Å². The van der Waals surface area contributed by atoms with Crippen LogP contribution in [0.15, 0.2) is 24.3 Å². The predicted octanol–water partition coefficient (Wildman–Crippen LogP) is -0.286. The fraction of sp³-hybridized carbons (Fsp3) is 0.467. The number of carbonyl (C=O) groups excluding carboxylic acids is 2. The summed E-state index contributed by atoms with van der Waals surface area (Å²) in [5.41, 5.74) is 7.28. The Morgan fingerprint density at radius 2 is 2.25 bits per heavy atom. The number of likely N-dealkylation sites (tertiary alicyclic amines) is 1. The number of aryl methyl sites for hydroxylation is 1. The molecule has 1 aromatic carbocycles. The summed E-state index contributed by atoms with van der Waals surface area (Å²) < 4.78 is 0. The third kappa shape index (κ3) is 4.06. The van der Waals surface area contributed by atoms with Gasteiger partial charge in [-0.2, -0.15) is 0 Å². The van der Waals surface area contributed by atoms with Gasteiger partial charge in [0.15, 0.2) is 6.54 Å². The molecule has 5 nitrogen and oxygen atoms in total. The first kappa shape index (κ1) is 14.5. The van der Waals surface area contributed by atoms with Gasteiger partial charge in [-0.25, -0.2) is 0 Å². The first-order chi connectivity index (χ1) is 9.54. The molecule has 20 heavy (non-hydrogen) atoms. The van der Waals surface area contributed by atoms with Gasteiger partial charge >= 0.3 is 0 Å². The molecular weight excluding hydrogens is 254 g/mol. The topological polar surface area (TPSA) is 76.6 Å². The van der Waals surface area contributed by atoms with E-state index in [0.717, 1.165) is 35.5 Å². The van der Waals surface area contributed by atoms with E-state index < -0.39 is 0 Å². The number of rotatable bonds is 4. The quantitative estimate of drug-likeness (QED) is 0.707. The standard InChI is InChI=1S/C15H21N3O2/c1-11-4-2-6-13(8-11)17-14(19)10-18-7-3-5-12(9-18)15(16)20/h2,4,6,8,12H,3,5,7,9-10H2,1H3,(H2,16,20)(H,17,19)/p+1/t12-/m1/s1. The van der Waals surface area contributed by atoms with Gasteiger partial charge in [0.1, 0.15) is 0 Å². The van der Waals surface area contributed by atoms with Crippen molar-refractivity contribution in [3.05, 3.63) is 29.8 Å². The highest BCUT2D eigenvalue weighted by atomic mass is 16.2. The second-order valence-corrected chi connectivity index (χ2v) is 5.54. The van der Waals surface area contributed by atoms with E-state index in [2.05, 4.69) is 5.32 Å². The lowest BCUT2D eigenvalue weighted by molar-refractivity contribution is -0.899. The summed E-state index contributed by atoms with van der Waals surface area (Å²) in [6.45, 7) is 3.96. The van der Waals surface area contributed by atoms with Crippen LogP contribution < -0.4 is 16.0 Å². The molecule has 0 bridgehead atoms. The molecule has 4 N–H and O–H groups in total. The van der Waals surface area contributed by atoms with E-state index in [9.17, 15) is 9.59 Å². The maximum atomic E-state index is 12.0. The van der Waals surface area contributed by atoms with Crippen LogP contribution in [-0.2, 0) is 9.59 Å². The number of hydrogen-bond acceptors (Lipinski definition) is 2. The van der Waals surface area contributed by atoms with E-state index in [4.69, 9.17) is 5.73 Å². The van der Waals surface area contributed by atoms with Gasteiger partial charge in [0.05, 0.1) is 19.0 Å². The molecule has 0 aliphatic carbocycles. The molecule has 1 fully saturated rings. The summed E-state index contributed by atoms with van der Waals surface area (Å²) in [6.07, 6.45) is 1.79. The number of primary amides is 1. The van der Waals surface area contributed by atoms with Crippen molar-refractivity contribution < 1.29 is 14.5 Å². The van der Waals surface area contributed by atoms with Gasteiger partial charge in [0, 0.05) is 5.69 Å². The average Bonchev–Trinajstić information content (AvgIpc) is 2.38. The zero-order valence-electron chi connectivity index (χ0n) is 11.8. The predicted molar refractivity (Wildman–Crippen MR) is 77.3 cm³/mol. The van der Waals surface area contributed by atoms with Crippen molar-refractivity contribution in [3.8, 4) is 0 Å².